The van der Waals surface area contributed by atoms with Crippen LogP contribution in [0.3, 0.4) is 0 Å². The van der Waals surface area contributed by atoms with Crippen LogP contribution in [0.15, 0.2) is 21.2 Å². The van der Waals surface area contributed by atoms with Gasteiger partial charge in [0.25, 0.3) is 5.91 Å². The van der Waals surface area contributed by atoms with E-state index in [4.69, 9.17) is 10.2 Å². The van der Waals surface area contributed by atoms with E-state index in [-0.39, 0.29) is 42.6 Å². The maximum atomic E-state index is 12.2. The lowest BCUT2D eigenvalue weighted by Gasteiger charge is -2.18. The maximum absolute atomic E-state index is 12.2. The van der Waals surface area contributed by atoms with Crippen molar-refractivity contribution in [2.24, 2.45) is 17.6 Å². The number of carbonyl (C=O) groups excluding carboxylic acids is 2. The van der Waals surface area contributed by atoms with Crippen molar-refractivity contribution in [3.05, 3.63) is 22.6 Å². The molecule has 22 heavy (non-hydrogen) atoms. The maximum Gasteiger partial charge on any atom is 0.287 e. The van der Waals surface area contributed by atoms with Crippen LogP contribution in [0.2, 0.25) is 0 Å². The zero-order valence-corrected chi connectivity index (χ0v) is 14.4. The highest BCUT2D eigenvalue weighted by molar-refractivity contribution is 9.10. The molecule has 1 saturated heterocycles. The first-order chi connectivity index (χ1) is 10.0. The van der Waals surface area contributed by atoms with Crippen LogP contribution in [0.1, 0.15) is 23.4 Å². The van der Waals surface area contributed by atoms with Gasteiger partial charge in [-0.25, -0.2) is 0 Å². The summed E-state index contributed by atoms with van der Waals surface area (Å²) in [6, 6.07) is 3.41. The van der Waals surface area contributed by atoms with Crippen LogP contribution in [0.25, 0.3) is 0 Å². The van der Waals surface area contributed by atoms with Crippen molar-refractivity contribution in [2.45, 2.75) is 18.9 Å². The van der Waals surface area contributed by atoms with Gasteiger partial charge in [0, 0.05) is 19.1 Å². The normalized spacial score (nSPS) is 26.5. The summed E-state index contributed by atoms with van der Waals surface area (Å²) in [5.41, 5.74) is 6.06. The molecule has 1 aromatic rings. The second-order valence-electron chi connectivity index (χ2n) is 5.75. The average molecular weight is 393 g/mol. The molecule has 3 atom stereocenters. The Kier molecular flexibility index (Phi) is 5.52. The Morgan fingerprint density at radius 2 is 2.14 bits per heavy atom. The number of furan rings is 1. The van der Waals surface area contributed by atoms with Crippen molar-refractivity contribution in [1.82, 2.24) is 10.2 Å². The first-order valence-corrected chi connectivity index (χ1v) is 7.91. The predicted molar refractivity (Wildman–Crippen MR) is 86.8 cm³/mol. The van der Waals surface area contributed by atoms with E-state index in [2.05, 4.69) is 21.2 Å². The number of nitrogens with two attached hydrogens (primary N) is 1. The molecule has 2 aliphatic rings. The molecule has 3 N–H and O–H groups in total. The number of amides is 2. The van der Waals surface area contributed by atoms with Crippen molar-refractivity contribution in [3.8, 4) is 0 Å². The molecule has 0 bridgehead atoms. The summed E-state index contributed by atoms with van der Waals surface area (Å²) in [5, 5.41) is 2.59. The van der Waals surface area contributed by atoms with Crippen molar-refractivity contribution in [2.75, 3.05) is 19.6 Å². The van der Waals surface area contributed by atoms with Crippen LogP contribution in [0.5, 0.6) is 0 Å². The Hall–Kier alpha value is -1.05. The Bertz CT molecular complexity index is 565. The number of fused-ring (bicyclic) bond motifs is 1. The van der Waals surface area contributed by atoms with E-state index in [0.29, 0.717) is 23.1 Å². The van der Waals surface area contributed by atoms with Crippen LogP contribution in [-0.2, 0) is 4.79 Å². The van der Waals surface area contributed by atoms with E-state index in [1.165, 1.54) is 0 Å². The monoisotopic (exact) mass is 391 g/mol. The molecule has 2 heterocycles. The molecule has 6 nitrogen and oxygen atoms in total. The van der Waals surface area contributed by atoms with Crippen LogP contribution >= 0.6 is 28.3 Å². The third kappa shape index (κ3) is 3.47. The number of hydrogen-bond donors (Lipinski definition) is 2. The molecule has 3 rings (SSSR count). The van der Waals surface area contributed by atoms with Gasteiger partial charge in [0.05, 0.1) is 6.54 Å². The standard InChI is InChI=1S/C14H18BrN3O3.ClH/c15-12-4-3-11(21-12)14(20)17-5-13(19)18-6-8-1-2-10(16)9(8)7-18;/h3-4,8-10H,1-2,5-7,16H2,(H,17,20);1H. The highest BCUT2D eigenvalue weighted by Crippen LogP contribution is 2.36. The lowest BCUT2D eigenvalue weighted by molar-refractivity contribution is -0.129. The number of likely N-dealkylation sites (tertiary alicyclic amines) is 1. The second kappa shape index (κ2) is 7.02. The molecule has 0 spiro atoms. The lowest BCUT2D eigenvalue weighted by Crippen LogP contribution is -2.40. The van der Waals surface area contributed by atoms with Crippen molar-refractivity contribution < 1.29 is 14.0 Å². The summed E-state index contributed by atoms with van der Waals surface area (Å²) >= 11 is 3.13. The highest BCUT2D eigenvalue weighted by atomic mass is 79.9. The largest absolute Gasteiger partial charge is 0.444 e. The molecule has 1 aliphatic carbocycles. The van der Waals surface area contributed by atoms with E-state index in [1.54, 1.807) is 12.1 Å². The molecule has 122 valence electrons. The molecule has 8 heteroatoms. The molecule has 1 saturated carbocycles. The fourth-order valence-corrected chi connectivity index (χ4v) is 3.61. The zero-order valence-electron chi connectivity index (χ0n) is 12.0. The fourth-order valence-electron chi connectivity index (χ4n) is 3.30. The van der Waals surface area contributed by atoms with Crippen LogP contribution in [0, 0.1) is 11.8 Å². The molecule has 0 aromatic carbocycles. The van der Waals surface area contributed by atoms with Gasteiger partial charge >= 0.3 is 0 Å². The molecule has 0 radical (unpaired) electrons. The van der Waals surface area contributed by atoms with Gasteiger partial charge in [0.15, 0.2) is 10.4 Å². The minimum absolute atomic E-state index is 0. The predicted octanol–water partition coefficient (Wildman–Crippen LogP) is 1.39. The second-order valence-corrected chi connectivity index (χ2v) is 6.53. The highest BCUT2D eigenvalue weighted by Gasteiger charge is 2.42. The molecule has 3 unspecified atom stereocenters. The number of halogens is 2. The quantitative estimate of drug-likeness (QED) is 0.813. The van der Waals surface area contributed by atoms with E-state index in [9.17, 15) is 9.59 Å². The van der Waals surface area contributed by atoms with Gasteiger partial charge < -0.3 is 20.4 Å². The Morgan fingerprint density at radius 3 is 2.77 bits per heavy atom. The van der Waals surface area contributed by atoms with Crippen LogP contribution in [0.4, 0.5) is 0 Å². The van der Waals surface area contributed by atoms with Crippen LogP contribution < -0.4 is 11.1 Å². The van der Waals surface area contributed by atoms with Crippen molar-refractivity contribution >= 4 is 40.2 Å². The average Bonchev–Trinajstić information content (AvgIpc) is 3.14. The third-order valence-electron chi connectivity index (χ3n) is 4.46. The van der Waals surface area contributed by atoms with Gasteiger partial charge in [-0.05, 0) is 52.7 Å². The van der Waals surface area contributed by atoms with E-state index >= 15 is 0 Å². The zero-order chi connectivity index (χ0) is 15.0. The Labute approximate surface area is 143 Å². The van der Waals surface area contributed by atoms with Gasteiger partial charge in [-0.1, -0.05) is 0 Å². The van der Waals surface area contributed by atoms with Crippen LogP contribution in [-0.4, -0.2) is 42.4 Å². The summed E-state index contributed by atoms with van der Waals surface area (Å²) in [6.07, 6.45) is 2.16. The fraction of sp³-hybridized carbons (Fsp3) is 0.571. The van der Waals surface area contributed by atoms with Gasteiger partial charge in [-0.15, -0.1) is 12.4 Å². The van der Waals surface area contributed by atoms with E-state index in [1.807, 2.05) is 4.90 Å². The molecule has 2 amide bonds. The van der Waals surface area contributed by atoms with E-state index < -0.39 is 0 Å². The summed E-state index contributed by atoms with van der Waals surface area (Å²) in [5.74, 6) is 0.696. The topological polar surface area (TPSA) is 88.6 Å². The number of rotatable bonds is 3. The summed E-state index contributed by atoms with van der Waals surface area (Å²) in [6.45, 7) is 1.47. The van der Waals surface area contributed by atoms with Crippen molar-refractivity contribution in [3.63, 3.8) is 0 Å². The molecule has 1 aromatic heterocycles. The molecular weight excluding hydrogens is 374 g/mol. The minimum Gasteiger partial charge on any atom is -0.444 e. The van der Waals surface area contributed by atoms with Gasteiger partial charge in [-0.2, -0.15) is 0 Å². The first kappa shape index (κ1) is 17.3. The summed E-state index contributed by atoms with van der Waals surface area (Å²) in [7, 11) is 0. The van der Waals surface area contributed by atoms with Crippen molar-refractivity contribution in [1.29, 1.82) is 0 Å². The Balaban J connectivity index is 0.00000176. The van der Waals surface area contributed by atoms with Gasteiger partial charge in [0.1, 0.15) is 0 Å². The lowest BCUT2D eigenvalue weighted by atomic mass is 9.98. The van der Waals surface area contributed by atoms with E-state index in [0.717, 1.165) is 19.4 Å². The number of nitrogens with one attached hydrogen (secondary N) is 1. The van der Waals surface area contributed by atoms with Gasteiger partial charge in [0.2, 0.25) is 5.91 Å². The Morgan fingerprint density at radius 1 is 1.36 bits per heavy atom. The number of nitrogens with zero attached hydrogens (tertiary/aromatic N) is 1. The number of hydrogen-bond acceptors (Lipinski definition) is 4. The first-order valence-electron chi connectivity index (χ1n) is 7.11. The molecule has 1 aliphatic heterocycles. The summed E-state index contributed by atoms with van der Waals surface area (Å²) < 4.78 is 5.63. The third-order valence-corrected chi connectivity index (χ3v) is 4.89. The molecule has 2 fully saturated rings. The summed E-state index contributed by atoms with van der Waals surface area (Å²) in [4.78, 5) is 25.8. The SMILES string of the molecule is Cl.NC1CCC2CN(C(=O)CNC(=O)c3ccc(Br)o3)CC12. The van der Waals surface area contributed by atoms with Gasteiger partial charge in [-0.3, -0.25) is 9.59 Å². The smallest absolute Gasteiger partial charge is 0.287 e. The number of carbonyl (C=O) groups is 2. The molecular formula is C14H19BrClN3O3. The minimum atomic E-state index is -0.384.